The van der Waals surface area contributed by atoms with Crippen molar-refractivity contribution >= 4 is 27.7 Å². The Bertz CT molecular complexity index is 703. The van der Waals surface area contributed by atoms with Crippen molar-refractivity contribution in [1.82, 2.24) is 0 Å². The highest BCUT2D eigenvalue weighted by atomic mass is 79.9. The second-order valence-corrected chi connectivity index (χ2v) is 7.17. The molecule has 0 spiro atoms. The Balaban J connectivity index is 1.92. The van der Waals surface area contributed by atoms with Gasteiger partial charge in [-0.1, -0.05) is 19.9 Å². The molecule has 136 valence electrons. The molecule has 2 aliphatic rings. The molecular weight excluding hydrogens is 388 g/mol. The average Bonchev–Trinajstić information content (AvgIpc) is 2.63. The van der Waals surface area contributed by atoms with Gasteiger partial charge in [0.05, 0.1) is 18.7 Å². The molecule has 0 saturated heterocycles. The predicted octanol–water partition coefficient (Wildman–Crippen LogP) is 3.26. The summed E-state index contributed by atoms with van der Waals surface area (Å²) in [6.07, 6.45) is 0.601. The van der Waals surface area contributed by atoms with Crippen molar-refractivity contribution in [3.63, 3.8) is 0 Å². The van der Waals surface area contributed by atoms with Crippen molar-refractivity contribution in [3.8, 4) is 11.5 Å². The molecule has 2 heterocycles. The Morgan fingerprint density at radius 1 is 1.08 bits per heavy atom. The smallest absolute Gasteiger partial charge is 0.209 e. The molecule has 0 aliphatic carbocycles. The molecule has 0 bridgehead atoms. The van der Waals surface area contributed by atoms with E-state index in [0.29, 0.717) is 31.4 Å². The topological polar surface area (TPSA) is 61.6 Å². The molecule has 0 radical (unpaired) electrons. The van der Waals surface area contributed by atoms with Gasteiger partial charge in [0.1, 0.15) is 25.3 Å². The van der Waals surface area contributed by atoms with E-state index in [-0.39, 0.29) is 18.0 Å². The summed E-state index contributed by atoms with van der Waals surface area (Å²) < 4.78 is 23.5. The molecule has 0 unspecified atom stereocenters. The van der Waals surface area contributed by atoms with Gasteiger partial charge in [-0.3, -0.25) is 0 Å². The van der Waals surface area contributed by atoms with E-state index >= 15 is 0 Å². The first-order valence-corrected chi connectivity index (χ1v) is 9.14. The van der Waals surface area contributed by atoms with Gasteiger partial charge < -0.3 is 18.9 Å². The number of nitrogens with zero attached hydrogens (tertiary/aromatic N) is 2. The highest BCUT2D eigenvalue weighted by Crippen LogP contribution is 2.41. The predicted molar refractivity (Wildman–Crippen MR) is 100 cm³/mol. The summed E-state index contributed by atoms with van der Waals surface area (Å²) in [5, 5.41) is 0. The highest BCUT2D eigenvalue weighted by Gasteiger charge is 2.32. The first kappa shape index (κ1) is 18.0. The summed E-state index contributed by atoms with van der Waals surface area (Å²) >= 11 is 3.51. The monoisotopic (exact) mass is 410 g/mol. The second-order valence-electron chi connectivity index (χ2n) is 6.31. The number of hydrogen-bond donors (Lipinski definition) is 0. The lowest BCUT2D eigenvalue weighted by Gasteiger charge is -2.28. The maximum absolute atomic E-state index is 5.84. The van der Waals surface area contributed by atoms with Crippen molar-refractivity contribution in [2.24, 2.45) is 15.9 Å². The lowest BCUT2D eigenvalue weighted by Crippen LogP contribution is -2.38. The molecule has 7 heteroatoms. The Morgan fingerprint density at radius 3 is 2.40 bits per heavy atom. The van der Waals surface area contributed by atoms with E-state index in [1.54, 1.807) is 14.2 Å². The third-order valence-electron chi connectivity index (χ3n) is 4.27. The van der Waals surface area contributed by atoms with Crippen LogP contribution in [0.3, 0.4) is 0 Å². The molecule has 2 aliphatic heterocycles. The van der Waals surface area contributed by atoms with Crippen LogP contribution in [0.5, 0.6) is 11.5 Å². The molecule has 25 heavy (non-hydrogen) atoms. The summed E-state index contributed by atoms with van der Waals surface area (Å²) in [6, 6.07) is 3.62. The van der Waals surface area contributed by atoms with Crippen LogP contribution in [0.15, 0.2) is 26.6 Å². The van der Waals surface area contributed by atoms with Crippen LogP contribution in [-0.2, 0) is 15.9 Å². The van der Waals surface area contributed by atoms with Crippen LogP contribution < -0.4 is 9.47 Å². The Morgan fingerprint density at radius 2 is 1.76 bits per heavy atom. The van der Waals surface area contributed by atoms with Gasteiger partial charge >= 0.3 is 0 Å². The maximum Gasteiger partial charge on any atom is 0.209 e. The van der Waals surface area contributed by atoms with E-state index in [2.05, 4.69) is 29.8 Å². The third kappa shape index (κ3) is 3.61. The fraction of sp³-hybridized carbons (Fsp3) is 0.556. The molecule has 1 aromatic carbocycles. The van der Waals surface area contributed by atoms with Gasteiger partial charge in [-0.15, -0.1) is 0 Å². The number of fused-ring (bicyclic) bond motifs is 1. The summed E-state index contributed by atoms with van der Waals surface area (Å²) in [7, 11) is 3.27. The van der Waals surface area contributed by atoms with E-state index in [4.69, 9.17) is 28.9 Å². The van der Waals surface area contributed by atoms with Gasteiger partial charge in [0, 0.05) is 12.0 Å². The van der Waals surface area contributed by atoms with Gasteiger partial charge in [-0.2, -0.15) is 0 Å². The van der Waals surface area contributed by atoms with E-state index in [9.17, 15) is 0 Å². The quantitative estimate of drug-likeness (QED) is 0.766. The normalized spacial score (nSPS) is 22.3. The molecule has 1 aromatic rings. The molecule has 0 amide bonds. The van der Waals surface area contributed by atoms with Crippen LogP contribution >= 0.6 is 15.9 Å². The first-order chi connectivity index (χ1) is 12.0. The number of aliphatic imine (C=N–C) groups is 2. The third-order valence-corrected chi connectivity index (χ3v) is 4.90. The fourth-order valence-corrected chi connectivity index (χ4v) is 3.45. The minimum absolute atomic E-state index is 0.116. The van der Waals surface area contributed by atoms with Crippen LogP contribution in [-0.4, -0.2) is 51.3 Å². The number of ether oxygens (including phenoxy) is 4. The summed E-state index contributed by atoms with van der Waals surface area (Å²) in [4.78, 5) is 9.47. The largest absolute Gasteiger partial charge is 0.486 e. The summed E-state index contributed by atoms with van der Waals surface area (Å²) in [5.41, 5.74) is 1.01. The Labute approximate surface area is 156 Å². The van der Waals surface area contributed by atoms with Crippen molar-refractivity contribution in [3.05, 3.63) is 22.2 Å². The zero-order valence-corrected chi connectivity index (χ0v) is 16.5. The average molecular weight is 411 g/mol. The zero-order chi connectivity index (χ0) is 18.0. The van der Waals surface area contributed by atoms with E-state index < -0.39 is 0 Å². The van der Waals surface area contributed by atoms with E-state index in [1.807, 2.05) is 12.1 Å². The molecule has 0 aromatic heterocycles. The van der Waals surface area contributed by atoms with Crippen molar-refractivity contribution in [2.75, 3.05) is 27.4 Å². The molecule has 3 rings (SSSR count). The molecule has 0 N–H and O–H groups in total. The van der Waals surface area contributed by atoms with Gasteiger partial charge in [-0.25, -0.2) is 9.98 Å². The minimum atomic E-state index is -0.245. The lowest BCUT2D eigenvalue weighted by molar-refractivity contribution is 0.168. The SMILES string of the molecule is COC1=N[C@H](C(C)C)C(OC)=N[C@H]1Cc1ccc(Br)c2c1OCCO2. The summed E-state index contributed by atoms with van der Waals surface area (Å²) in [5.74, 6) is 3.04. The van der Waals surface area contributed by atoms with Gasteiger partial charge in [0.25, 0.3) is 0 Å². The van der Waals surface area contributed by atoms with Crippen LogP contribution in [0.1, 0.15) is 19.4 Å². The Kier molecular flexibility index (Phi) is 5.51. The van der Waals surface area contributed by atoms with Crippen LogP contribution in [0, 0.1) is 5.92 Å². The molecular formula is C18H23BrN2O4. The van der Waals surface area contributed by atoms with E-state index in [0.717, 1.165) is 21.5 Å². The number of halogens is 1. The maximum atomic E-state index is 5.84. The van der Waals surface area contributed by atoms with Gasteiger partial charge in [0.2, 0.25) is 11.8 Å². The Hall–Kier alpha value is -1.76. The molecule has 0 fully saturated rings. The highest BCUT2D eigenvalue weighted by molar-refractivity contribution is 9.10. The standard InChI is InChI=1S/C18H23BrN2O4/c1-10(2)14-18(23-4)20-13(17(21-14)22-3)9-11-5-6-12(19)16-15(11)24-7-8-25-16/h5-6,10,13-14H,7-9H2,1-4H3/t13-,14+/m0/s1. The van der Waals surface area contributed by atoms with Crippen LogP contribution in [0.25, 0.3) is 0 Å². The first-order valence-electron chi connectivity index (χ1n) is 8.35. The van der Waals surface area contributed by atoms with Crippen molar-refractivity contribution in [1.29, 1.82) is 0 Å². The molecule has 6 nitrogen and oxygen atoms in total. The molecule has 2 atom stereocenters. The lowest BCUT2D eigenvalue weighted by atomic mass is 10.00. The fourth-order valence-electron chi connectivity index (χ4n) is 3.02. The van der Waals surface area contributed by atoms with Crippen LogP contribution in [0.4, 0.5) is 0 Å². The second kappa shape index (κ2) is 7.64. The number of rotatable bonds is 3. The van der Waals surface area contributed by atoms with Crippen molar-refractivity contribution < 1.29 is 18.9 Å². The van der Waals surface area contributed by atoms with Gasteiger partial charge in [-0.05, 0) is 27.9 Å². The van der Waals surface area contributed by atoms with Crippen molar-refractivity contribution in [2.45, 2.75) is 32.4 Å². The summed E-state index contributed by atoms with van der Waals surface area (Å²) in [6.45, 7) is 5.26. The molecule has 0 saturated carbocycles. The number of methoxy groups -OCH3 is 2. The number of benzene rings is 1. The number of hydrogen-bond acceptors (Lipinski definition) is 6. The van der Waals surface area contributed by atoms with Crippen LogP contribution in [0.2, 0.25) is 0 Å². The zero-order valence-electron chi connectivity index (χ0n) is 14.9. The van der Waals surface area contributed by atoms with E-state index in [1.165, 1.54) is 0 Å². The van der Waals surface area contributed by atoms with Gasteiger partial charge in [0.15, 0.2) is 11.5 Å². The minimum Gasteiger partial charge on any atom is -0.486 e.